The van der Waals surface area contributed by atoms with Gasteiger partial charge in [-0.2, -0.15) is 0 Å². The van der Waals surface area contributed by atoms with Gasteiger partial charge in [0.05, 0.1) is 18.4 Å². The molecule has 1 aliphatic heterocycles. The van der Waals surface area contributed by atoms with Crippen molar-refractivity contribution in [2.45, 2.75) is 23.8 Å². The SMILES string of the molecule is COc1ccc([S+]([O-])Nc2ccc(C(F)F)c(O[C@@H]3CCN(C)C3)c2)cc1. The van der Waals surface area contributed by atoms with E-state index in [4.69, 9.17) is 9.47 Å². The fourth-order valence-corrected chi connectivity index (χ4v) is 3.76. The third-order valence-corrected chi connectivity index (χ3v) is 5.50. The van der Waals surface area contributed by atoms with Crippen LogP contribution in [0, 0.1) is 0 Å². The summed E-state index contributed by atoms with van der Waals surface area (Å²) in [5, 5.41) is 0. The first-order chi connectivity index (χ1) is 13.0. The van der Waals surface area contributed by atoms with Gasteiger partial charge in [0.15, 0.2) is 4.90 Å². The Labute approximate surface area is 160 Å². The molecule has 1 saturated heterocycles. The van der Waals surface area contributed by atoms with Crippen LogP contribution in [0.3, 0.4) is 0 Å². The van der Waals surface area contributed by atoms with E-state index in [-0.39, 0.29) is 17.4 Å². The number of likely N-dealkylation sites (N-methyl/N-ethyl adjacent to an activating group) is 1. The van der Waals surface area contributed by atoms with Gasteiger partial charge in [0.2, 0.25) is 0 Å². The van der Waals surface area contributed by atoms with Gasteiger partial charge in [-0.15, -0.1) is 0 Å². The lowest BCUT2D eigenvalue weighted by atomic mass is 10.2. The average Bonchev–Trinajstić information content (AvgIpc) is 3.06. The summed E-state index contributed by atoms with van der Waals surface area (Å²) in [5.41, 5.74) is 0.292. The first kappa shape index (κ1) is 19.7. The van der Waals surface area contributed by atoms with Gasteiger partial charge in [-0.3, -0.25) is 0 Å². The van der Waals surface area contributed by atoms with Crippen LogP contribution < -0.4 is 14.2 Å². The fourth-order valence-electron chi connectivity index (χ4n) is 2.92. The van der Waals surface area contributed by atoms with E-state index in [2.05, 4.69) is 9.62 Å². The van der Waals surface area contributed by atoms with Crippen molar-refractivity contribution < 1.29 is 22.8 Å². The molecule has 2 aromatic rings. The van der Waals surface area contributed by atoms with Crippen molar-refractivity contribution in [2.75, 3.05) is 32.0 Å². The molecule has 146 valence electrons. The van der Waals surface area contributed by atoms with Gasteiger partial charge in [0.1, 0.15) is 29.0 Å². The molecular formula is C19H22F2N2O3S. The van der Waals surface area contributed by atoms with E-state index in [1.54, 1.807) is 31.4 Å². The molecule has 2 atom stereocenters. The minimum atomic E-state index is -2.64. The molecule has 1 unspecified atom stereocenters. The molecule has 0 amide bonds. The highest BCUT2D eigenvalue weighted by molar-refractivity contribution is 7.92. The lowest BCUT2D eigenvalue weighted by Gasteiger charge is -2.18. The molecule has 0 aromatic heterocycles. The Morgan fingerprint density at radius 1 is 1.22 bits per heavy atom. The zero-order valence-electron chi connectivity index (χ0n) is 15.2. The van der Waals surface area contributed by atoms with Crippen molar-refractivity contribution in [1.82, 2.24) is 4.90 Å². The topological polar surface area (TPSA) is 56.8 Å². The quantitative estimate of drug-likeness (QED) is 0.721. The van der Waals surface area contributed by atoms with Crippen LogP contribution in [0.25, 0.3) is 0 Å². The smallest absolute Gasteiger partial charge is 0.267 e. The standard InChI is InChI=1S/C19H22F2N2O3S/c1-23-10-9-15(12-23)26-18-11-13(3-8-17(18)19(20)21)22-27(24)16-6-4-14(25-2)5-7-16/h3-8,11,15,19,22H,9-10,12H2,1-2H3/t15-,27?/m1/s1. The van der Waals surface area contributed by atoms with Crippen LogP contribution in [0.1, 0.15) is 18.4 Å². The van der Waals surface area contributed by atoms with Crippen LogP contribution >= 0.6 is 0 Å². The molecule has 27 heavy (non-hydrogen) atoms. The van der Waals surface area contributed by atoms with Crippen LogP contribution in [0.4, 0.5) is 14.5 Å². The number of hydrogen-bond donors (Lipinski definition) is 1. The molecule has 1 fully saturated rings. The monoisotopic (exact) mass is 396 g/mol. The molecule has 3 rings (SSSR count). The summed E-state index contributed by atoms with van der Waals surface area (Å²) in [6.45, 7) is 1.56. The fraction of sp³-hybridized carbons (Fsp3) is 0.368. The van der Waals surface area contributed by atoms with Crippen molar-refractivity contribution in [3.8, 4) is 11.5 Å². The Morgan fingerprint density at radius 2 is 1.96 bits per heavy atom. The number of nitrogens with zero attached hydrogens (tertiary/aromatic N) is 1. The predicted octanol–water partition coefficient (Wildman–Crippen LogP) is 3.85. The Hall–Kier alpha value is -2.03. The second-order valence-electron chi connectivity index (χ2n) is 6.39. The van der Waals surface area contributed by atoms with Crippen LogP contribution in [-0.2, 0) is 11.4 Å². The molecule has 0 saturated carbocycles. The van der Waals surface area contributed by atoms with Crippen molar-refractivity contribution in [2.24, 2.45) is 0 Å². The maximum absolute atomic E-state index is 13.3. The Bertz CT molecular complexity index is 761. The number of likely N-dealkylation sites (tertiary alicyclic amines) is 1. The molecule has 1 aliphatic rings. The molecule has 8 heteroatoms. The van der Waals surface area contributed by atoms with Crippen molar-refractivity contribution in [3.63, 3.8) is 0 Å². The first-order valence-electron chi connectivity index (χ1n) is 8.56. The van der Waals surface area contributed by atoms with Crippen molar-refractivity contribution in [1.29, 1.82) is 0 Å². The molecule has 1 N–H and O–H groups in total. The van der Waals surface area contributed by atoms with E-state index >= 15 is 0 Å². The molecular weight excluding hydrogens is 374 g/mol. The van der Waals surface area contributed by atoms with E-state index in [1.165, 1.54) is 18.2 Å². The number of anilines is 1. The summed E-state index contributed by atoms with van der Waals surface area (Å²) in [6, 6.07) is 11.1. The Balaban J connectivity index is 1.75. The highest BCUT2D eigenvalue weighted by Gasteiger charge is 2.24. The average molecular weight is 396 g/mol. The van der Waals surface area contributed by atoms with Crippen LogP contribution in [-0.4, -0.2) is 42.8 Å². The van der Waals surface area contributed by atoms with E-state index in [0.717, 1.165) is 13.0 Å². The summed E-state index contributed by atoms with van der Waals surface area (Å²) in [4.78, 5) is 2.64. The number of methoxy groups -OCH3 is 1. The van der Waals surface area contributed by atoms with E-state index in [1.807, 2.05) is 7.05 Å². The highest BCUT2D eigenvalue weighted by Crippen LogP contribution is 2.34. The summed E-state index contributed by atoms with van der Waals surface area (Å²) in [5.74, 6) is 0.788. The maximum Gasteiger partial charge on any atom is 0.267 e. The number of ether oxygens (including phenoxy) is 2. The molecule has 0 aliphatic carbocycles. The predicted molar refractivity (Wildman–Crippen MR) is 101 cm³/mol. The second kappa shape index (κ2) is 8.77. The van der Waals surface area contributed by atoms with Gasteiger partial charge >= 0.3 is 0 Å². The van der Waals surface area contributed by atoms with Gasteiger partial charge in [-0.1, -0.05) is 0 Å². The summed E-state index contributed by atoms with van der Waals surface area (Å²) in [7, 11) is 3.52. The summed E-state index contributed by atoms with van der Waals surface area (Å²) < 4.78 is 52.9. The Kier molecular flexibility index (Phi) is 6.41. The number of nitrogens with one attached hydrogen (secondary N) is 1. The molecule has 2 aromatic carbocycles. The van der Waals surface area contributed by atoms with Gasteiger partial charge in [0.25, 0.3) is 6.43 Å². The minimum Gasteiger partial charge on any atom is -0.588 e. The largest absolute Gasteiger partial charge is 0.588 e. The lowest BCUT2D eigenvalue weighted by Crippen LogP contribution is -2.22. The van der Waals surface area contributed by atoms with Gasteiger partial charge in [-0.25, -0.2) is 13.5 Å². The molecule has 5 nitrogen and oxygen atoms in total. The second-order valence-corrected chi connectivity index (χ2v) is 7.60. The first-order valence-corrected chi connectivity index (χ1v) is 9.71. The Morgan fingerprint density at radius 3 is 2.56 bits per heavy atom. The number of halogens is 2. The van der Waals surface area contributed by atoms with Crippen LogP contribution in [0.5, 0.6) is 11.5 Å². The highest BCUT2D eigenvalue weighted by atomic mass is 32.2. The third-order valence-electron chi connectivity index (χ3n) is 4.37. The van der Waals surface area contributed by atoms with E-state index in [9.17, 15) is 13.3 Å². The lowest BCUT2D eigenvalue weighted by molar-refractivity contribution is 0.138. The normalized spacial score (nSPS) is 18.5. The van der Waals surface area contributed by atoms with E-state index < -0.39 is 17.8 Å². The van der Waals surface area contributed by atoms with Crippen molar-refractivity contribution >= 4 is 17.0 Å². The maximum atomic E-state index is 13.3. The minimum absolute atomic E-state index is 0.127. The van der Waals surface area contributed by atoms with Gasteiger partial charge in [0, 0.05) is 19.2 Å². The zero-order chi connectivity index (χ0) is 19.4. The van der Waals surface area contributed by atoms with E-state index in [0.29, 0.717) is 22.9 Å². The van der Waals surface area contributed by atoms with Crippen LogP contribution in [0.2, 0.25) is 0 Å². The van der Waals surface area contributed by atoms with Gasteiger partial charge in [-0.05, 0) is 49.9 Å². The number of alkyl halides is 2. The van der Waals surface area contributed by atoms with Crippen molar-refractivity contribution in [3.05, 3.63) is 48.0 Å². The molecule has 0 spiro atoms. The molecule has 1 heterocycles. The number of benzene rings is 2. The molecule has 0 bridgehead atoms. The summed E-state index contributed by atoms with van der Waals surface area (Å²) >= 11 is -1.54. The number of rotatable bonds is 7. The van der Waals surface area contributed by atoms with Gasteiger partial charge < -0.3 is 18.9 Å². The summed E-state index contributed by atoms with van der Waals surface area (Å²) in [6.07, 6.45) is -1.98. The van der Waals surface area contributed by atoms with Crippen LogP contribution in [0.15, 0.2) is 47.4 Å². The zero-order valence-corrected chi connectivity index (χ0v) is 16.0. The number of hydrogen-bond acceptors (Lipinski definition) is 5. The third kappa shape index (κ3) is 5.03. The molecule has 0 radical (unpaired) electrons.